The molecule has 15 heavy (non-hydrogen) atoms. The third-order valence-electron chi connectivity index (χ3n) is 2.90. The number of hydrogen-bond acceptors (Lipinski definition) is 3. The SMILES string of the molecule is CC1(C)CC1Nc1ncccc1C(N)=S. The van der Waals surface area contributed by atoms with E-state index in [9.17, 15) is 0 Å². The van der Waals surface area contributed by atoms with Crippen LogP contribution in [0.5, 0.6) is 0 Å². The van der Waals surface area contributed by atoms with Crippen LogP contribution in [0.4, 0.5) is 5.82 Å². The minimum absolute atomic E-state index is 0.366. The average molecular weight is 221 g/mol. The summed E-state index contributed by atoms with van der Waals surface area (Å²) in [6.07, 6.45) is 2.92. The second kappa shape index (κ2) is 3.45. The molecule has 1 unspecified atom stereocenters. The Hall–Kier alpha value is -1.16. The highest BCUT2D eigenvalue weighted by molar-refractivity contribution is 7.80. The Kier molecular flexibility index (Phi) is 2.38. The zero-order valence-corrected chi connectivity index (χ0v) is 9.77. The van der Waals surface area contributed by atoms with Gasteiger partial charge in [0.25, 0.3) is 0 Å². The van der Waals surface area contributed by atoms with Crippen LogP contribution in [0, 0.1) is 5.41 Å². The summed E-state index contributed by atoms with van der Waals surface area (Å²) in [6.45, 7) is 4.46. The molecule has 1 aromatic rings. The van der Waals surface area contributed by atoms with Gasteiger partial charge in [0.05, 0.1) is 5.56 Å². The first-order chi connectivity index (χ1) is 7.00. The Balaban J connectivity index is 2.18. The Bertz CT molecular complexity index is 401. The van der Waals surface area contributed by atoms with Gasteiger partial charge in [-0.2, -0.15) is 0 Å². The summed E-state index contributed by atoms with van der Waals surface area (Å²) >= 11 is 4.98. The molecular weight excluding hydrogens is 206 g/mol. The lowest BCUT2D eigenvalue weighted by molar-refractivity contribution is 0.630. The van der Waals surface area contributed by atoms with Crippen LogP contribution in [0.25, 0.3) is 0 Å². The maximum absolute atomic E-state index is 5.63. The first kappa shape index (κ1) is 10.4. The molecule has 1 aromatic heterocycles. The number of rotatable bonds is 3. The maximum atomic E-state index is 5.63. The van der Waals surface area contributed by atoms with Crippen molar-refractivity contribution in [3.63, 3.8) is 0 Å². The maximum Gasteiger partial charge on any atom is 0.136 e. The van der Waals surface area contributed by atoms with Crippen molar-refractivity contribution in [2.45, 2.75) is 26.3 Å². The lowest BCUT2D eigenvalue weighted by atomic mass is 10.2. The highest BCUT2D eigenvalue weighted by Crippen LogP contribution is 2.46. The Morgan fingerprint density at radius 3 is 2.87 bits per heavy atom. The summed E-state index contributed by atoms with van der Waals surface area (Å²) in [5.74, 6) is 0.806. The second-order valence-corrected chi connectivity index (χ2v) is 5.09. The molecule has 0 aliphatic heterocycles. The number of aromatic nitrogens is 1. The van der Waals surface area contributed by atoms with Crippen LogP contribution >= 0.6 is 12.2 Å². The fourth-order valence-corrected chi connectivity index (χ4v) is 1.76. The number of anilines is 1. The molecule has 0 amide bonds. The first-order valence-electron chi connectivity index (χ1n) is 5.02. The standard InChI is InChI=1S/C11H15N3S/c1-11(2)6-8(11)14-10-7(9(12)15)4-3-5-13-10/h3-5,8H,6H2,1-2H3,(H2,12,15)(H,13,14). The predicted octanol–water partition coefficient (Wildman–Crippen LogP) is 1.93. The molecule has 1 atom stereocenters. The summed E-state index contributed by atoms with van der Waals surface area (Å²) in [5, 5.41) is 3.38. The lowest BCUT2D eigenvalue weighted by Gasteiger charge is -2.10. The number of pyridine rings is 1. The summed E-state index contributed by atoms with van der Waals surface area (Å²) < 4.78 is 0. The summed E-state index contributed by atoms with van der Waals surface area (Å²) in [6, 6.07) is 4.23. The number of hydrogen-bond donors (Lipinski definition) is 2. The van der Waals surface area contributed by atoms with Crippen LogP contribution in [0.2, 0.25) is 0 Å². The summed E-state index contributed by atoms with van der Waals surface area (Å²) in [4.78, 5) is 4.66. The highest BCUT2D eigenvalue weighted by Gasteiger charge is 2.46. The van der Waals surface area contributed by atoms with E-state index in [-0.39, 0.29) is 0 Å². The zero-order chi connectivity index (χ0) is 11.1. The van der Waals surface area contributed by atoms with Gasteiger partial charge in [-0.05, 0) is 24.0 Å². The van der Waals surface area contributed by atoms with Crippen molar-refractivity contribution in [2.24, 2.45) is 11.1 Å². The Morgan fingerprint density at radius 1 is 1.67 bits per heavy atom. The molecule has 1 aliphatic carbocycles. The monoisotopic (exact) mass is 221 g/mol. The zero-order valence-electron chi connectivity index (χ0n) is 8.95. The predicted molar refractivity (Wildman–Crippen MR) is 65.9 cm³/mol. The van der Waals surface area contributed by atoms with E-state index in [0.29, 0.717) is 16.4 Å². The molecule has 0 saturated heterocycles. The molecule has 4 heteroatoms. The number of nitrogens with two attached hydrogens (primary N) is 1. The molecule has 1 fully saturated rings. The van der Waals surface area contributed by atoms with Gasteiger partial charge in [-0.1, -0.05) is 26.1 Å². The fraction of sp³-hybridized carbons (Fsp3) is 0.455. The van der Waals surface area contributed by atoms with Crippen molar-refractivity contribution < 1.29 is 0 Å². The third-order valence-corrected chi connectivity index (χ3v) is 3.12. The van der Waals surface area contributed by atoms with Gasteiger partial charge < -0.3 is 11.1 Å². The molecular formula is C11H15N3S. The van der Waals surface area contributed by atoms with Crippen molar-refractivity contribution >= 4 is 23.0 Å². The molecule has 2 rings (SSSR count). The molecule has 1 heterocycles. The number of nitrogens with one attached hydrogen (secondary N) is 1. The summed E-state index contributed by atoms with van der Waals surface area (Å²) in [7, 11) is 0. The van der Waals surface area contributed by atoms with Gasteiger partial charge in [-0.15, -0.1) is 0 Å². The van der Waals surface area contributed by atoms with Gasteiger partial charge in [0, 0.05) is 12.2 Å². The van der Waals surface area contributed by atoms with Gasteiger partial charge in [0.2, 0.25) is 0 Å². The van der Waals surface area contributed by atoms with Crippen LogP contribution in [-0.2, 0) is 0 Å². The molecule has 3 nitrogen and oxygen atoms in total. The molecule has 1 aliphatic rings. The van der Waals surface area contributed by atoms with E-state index in [1.54, 1.807) is 6.20 Å². The molecule has 80 valence electrons. The van der Waals surface area contributed by atoms with E-state index in [1.807, 2.05) is 12.1 Å². The Morgan fingerprint density at radius 2 is 2.33 bits per heavy atom. The van der Waals surface area contributed by atoms with E-state index in [2.05, 4.69) is 24.1 Å². The largest absolute Gasteiger partial charge is 0.389 e. The normalized spacial score (nSPS) is 22.1. The van der Waals surface area contributed by atoms with Crippen LogP contribution in [0.15, 0.2) is 18.3 Å². The second-order valence-electron chi connectivity index (χ2n) is 4.65. The van der Waals surface area contributed by atoms with Gasteiger partial charge >= 0.3 is 0 Å². The highest BCUT2D eigenvalue weighted by atomic mass is 32.1. The van der Waals surface area contributed by atoms with Gasteiger partial charge in [0.15, 0.2) is 0 Å². The number of nitrogens with zero attached hydrogens (tertiary/aromatic N) is 1. The molecule has 0 radical (unpaired) electrons. The minimum atomic E-state index is 0.366. The quantitative estimate of drug-likeness (QED) is 0.766. The van der Waals surface area contributed by atoms with E-state index < -0.39 is 0 Å². The van der Waals surface area contributed by atoms with Gasteiger partial charge in [0.1, 0.15) is 10.8 Å². The van der Waals surface area contributed by atoms with E-state index in [1.165, 1.54) is 6.42 Å². The van der Waals surface area contributed by atoms with E-state index in [0.717, 1.165) is 11.4 Å². The van der Waals surface area contributed by atoms with Crippen LogP contribution < -0.4 is 11.1 Å². The Labute approximate surface area is 95.1 Å². The minimum Gasteiger partial charge on any atom is -0.389 e. The third kappa shape index (κ3) is 2.09. The molecule has 1 saturated carbocycles. The van der Waals surface area contributed by atoms with E-state index in [4.69, 9.17) is 18.0 Å². The van der Waals surface area contributed by atoms with Crippen LogP contribution in [0.3, 0.4) is 0 Å². The number of thiocarbonyl (C=S) groups is 1. The van der Waals surface area contributed by atoms with Gasteiger partial charge in [-0.25, -0.2) is 4.98 Å². The molecule has 0 aromatic carbocycles. The topological polar surface area (TPSA) is 50.9 Å². The lowest BCUT2D eigenvalue weighted by Crippen LogP contribution is -2.17. The van der Waals surface area contributed by atoms with Crippen LogP contribution in [-0.4, -0.2) is 16.0 Å². The average Bonchev–Trinajstić information content (AvgIpc) is 2.74. The van der Waals surface area contributed by atoms with Crippen molar-refractivity contribution in [1.82, 2.24) is 4.98 Å². The van der Waals surface area contributed by atoms with Crippen molar-refractivity contribution in [3.05, 3.63) is 23.9 Å². The fourth-order valence-electron chi connectivity index (χ4n) is 1.60. The van der Waals surface area contributed by atoms with Gasteiger partial charge in [-0.3, -0.25) is 0 Å². The molecule has 0 spiro atoms. The smallest absolute Gasteiger partial charge is 0.136 e. The first-order valence-corrected chi connectivity index (χ1v) is 5.43. The summed E-state index contributed by atoms with van der Waals surface area (Å²) in [5.41, 5.74) is 6.82. The van der Waals surface area contributed by atoms with Crippen molar-refractivity contribution in [1.29, 1.82) is 0 Å². The van der Waals surface area contributed by atoms with Crippen molar-refractivity contribution in [2.75, 3.05) is 5.32 Å². The van der Waals surface area contributed by atoms with E-state index >= 15 is 0 Å². The van der Waals surface area contributed by atoms with Crippen molar-refractivity contribution in [3.8, 4) is 0 Å². The molecule has 0 bridgehead atoms. The molecule has 3 N–H and O–H groups in total. The van der Waals surface area contributed by atoms with Crippen LogP contribution in [0.1, 0.15) is 25.8 Å².